The van der Waals surface area contributed by atoms with Crippen molar-refractivity contribution in [2.24, 2.45) is 10.2 Å². The van der Waals surface area contributed by atoms with Gasteiger partial charge < -0.3 is 5.73 Å². The van der Waals surface area contributed by atoms with Gasteiger partial charge in [-0.15, -0.1) is 16.9 Å². The number of nitrogen functional groups attached to an aromatic ring is 1. The molecule has 0 atom stereocenters. The van der Waals surface area contributed by atoms with Crippen LogP contribution in [-0.2, 0) is 10.1 Å². The Hall–Kier alpha value is -2.42. The lowest BCUT2D eigenvalue weighted by Gasteiger charge is -2.09. The maximum atomic E-state index is 11.7. The van der Waals surface area contributed by atoms with E-state index in [4.69, 9.17) is 5.73 Å². The molecule has 0 aromatic heterocycles. The van der Waals surface area contributed by atoms with E-state index in [1.807, 2.05) is 18.4 Å². The molecule has 0 amide bonds. The van der Waals surface area contributed by atoms with E-state index in [1.54, 1.807) is 48.2 Å². The van der Waals surface area contributed by atoms with Gasteiger partial charge in [0.05, 0.1) is 11.4 Å². The van der Waals surface area contributed by atoms with Gasteiger partial charge in [-0.2, -0.15) is 13.5 Å². The molecule has 0 aliphatic rings. The Balaban J connectivity index is 2.12. The molecule has 0 saturated heterocycles. The standard InChI is InChI=1S/C17H15N3O3S2/c1-24-12-8-6-11(7-9-12)19-20-15-10-16(25(21,22)23)13-4-2-3-5-14(13)17(15)18/h2-10H,18H2,1H3,(H,21,22,23). The third kappa shape index (κ3) is 3.65. The van der Waals surface area contributed by atoms with Crippen LogP contribution in [0, 0.1) is 0 Å². The van der Waals surface area contributed by atoms with Crippen molar-refractivity contribution in [3.05, 3.63) is 54.6 Å². The Labute approximate surface area is 149 Å². The Kier molecular flexibility index (Phi) is 4.76. The lowest BCUT2D eigenvalue weighted by Crippen LogP contribution is -2.01. The van der Waals surface area contributed by atoms with Crippen LogP contribution in [0.5, 0.6) is 0 Å². The smallest absolute Gasteiger partial charge is 0.295 e. The van der Waals surface area contributed by atoms with Crippen LogP contribution in [0.3, 0.4) is 0 Å². The fourth-order valence-corrected chi connectivity index (χ4v) is 3.53. The SMILES string of the molecule is CSc1ccc(N=Nc2cc(S(=O)(=O)O)c3ccccc3c2N)cc1. The van der Waals surface area contributed by atoms with E-state index in [9.17, 15) is 13.0 Å². The maximum absolute atomic E-state index is 11.7. The summed E-state index contributed by atoms with van der Waals surface area (Å²) in [6, 6.07) is 15.3. The van der Waals surface area contributed by atoms with Crippen molar-refractivity contribution in [1.82, 2.24) is 0 Å². The summed E-state index contributed by atoms with van der Waals surface area (Å²) >= 11 is 1.61. The van der Waals surface area contributed by atoms with Crippen LogP contribution in [0.1, 0.15) is 0 Å². The van der Waals surface area contributed by atoms with E-state index < -0.39 is 10.1 Å². The van der Waals surface area contributed by atoms with Gasteiger partial charge in [0.25, 0.3) is 10.1 Å². The van der Waals surface area contributed by atoms with Crippen molar-refractivity contribution in [1.29, 1.82) is 0 Å². The second-order valence-corrected chi connectivity index (χ2v) is 7.50. The first-order valence-corrected chi connectivity index (χ1v) is 9.91. The van der Waals surface area contributed by atoms with Crippen LogP contribution in [0.2, 0.25) is 0 Å². The fraction of sp³-hybridized carbons (Fsp3) is 0.0588. The third-order valence-corrected chi connectivity index (χ3v) is 5.29. The van der Waals surface area contributed by atoms with Crippen LogP contribution in [0.15, 0.2) is 74.6 Å². The monoisotopic (exact) mass is 373 g/mol. The Morgan fingerprint density at radius 1 is 1.00 bits per heavy atom. The Morgan fingerprint density at radius 3 is 2.24 bits per heavy atom. The highest BCUT2D eigenvalue weighted by molar-refractivity contribution is 7.98. The van der Waals surface area contributed by atoms with E-state index in [0.29, 0.717) is 22.1 Å². The lowest BCUT2D eigenvalue weighted by atomic mass is 10.1. The van der Waals surface area contributed by atoms with Gasteiger partial charge >= 0.3 is 0 Å². The number of nitrogens with zero attached hydrogens (tertiary/aromatic N) is 2. The molecule has 3 aromatic carbocycles. The van der Waals surface area contributed by atoms with Gasteiger partial charge in [-0.25, -0.2) is 0 Å². The molecule has 6 nitrogen and oxygen atoms in total. The predicted octanol–water partition coefficient (Wildman–Crippen LogP) is 4.81. The van der Waals surface area contributed by atoms with Crippen LogP contribution in [-0.4, -0.2) is 19.2 Å². The summed E-state index contributed by atoms with van der Waals surface area (Å²) in [5, 5.41) is 9.00. The van der Waals surface area contributed by atoms with Crippen LogP contribution < -0.4 is 5.73 Å². The van der Waals surface area contributed by atoms with Gasteiger partial charge in [-0.3, -0.25) is 4.55 Å². The Morgan fingerprint density at radius 2 is 1.64 bits per heavy atom. The molecule has 3 rings (SSSR count). The van der Waals surface area contributed by atoms with E-state index in [-0.39, 0.29) is 10.6 Å². The number of thioether (sulfide) groups is 1. The third-order valence-electron chi connectivity index (χ3n) is 3.65. The molecule has 0 bridgehead atoms. The zero-order valence-electron chi connectivity index (χ0n) is 13.2. The summed E-state index contributed by atoms with van der Waals surface area (Å²) in [4.78, 5) is 0.849. The minimum Gasteiger partial charge on any atom is -0.396 e. The summed E-state index contributed by atoms with van der Waals surface area (Å²) in [5.41, 5.74) is 7.20. The Bertz CT molecular complexity index is 1060. The molecule has 0 aliphatic heterocycles. The zero-order chi connectivity index (χ0) is 18.0. The van der Waals surface area contributed by atoms with Crippen molar-refractivity contribution >= 4 is 49.7 Å². The molecule has 0 unspecified atom stereocenters. The molecule has 0 radical (unpaired) electrons. The molecule has 0 saturated carbocycles. The number of hydrogen-bond donors (Lipinski definition) is 2. The molecule has 25 heavy (non-hydrogen) atoms. The molecule has 0 aliphatic carbocycles. The molecule has 3 aromatic rings. The van der Waals surface area contributed by atoms with Gasteiger partial charge in [0.15, 0.2) is 0 Å². The minimum atomic E-state index is -4.42. The minimum absolute atomic E-state index is 0.181. The number of benzene rings is 3. The summed E-state index contributed by atoms with van der Waals surface area (Å²) in [5.74, 6) is 0. The highest BCUT2D eigenvalue weighted by atomic mass is 32.2. The second-order valence-electron chi connectivity index (χ2n) is 5.23. The van der Waals surface area contributed by atoms with Gasteiger partial charge in [-0.05, 0) is 36.6 Å². The van der Waals surface area contributed by atoms with Crippen molar-refractivity contribution < 1.29 is 13.0 Å². The molecule has 8 heteroatoms. The van der Waals surface area contributed by atoms with Crippen molar-refractivity contribution in [3.63, 3.8) is 0 Å². The molecule has 0 spiro atoms. The molecule has 3 N–H and O–H groups in total. The maximum Gasteiger partial charge on any atom is 0.295 e. The topological polar surface area (TPSA) is 105 Å². The summed E-state index contributed by atoms with van der Waals surface area (Å²) < 4.78 is 32.9. The van der Waals surface area contributed by atoms with Gasteiger partial charge in [0.1, 0.15) is 10.6 Å². The largest absolute Gasteiger partial charge is 0.396 e. The first-order chi connectivity index (χ1) is 11.9. The lowest BCUT2D eigenvalue weighted by molar-refractivity contribution is 0.484. The average molecular weight is 373 g/mol. The predicted molar refractivity (Wildman–Crippen MR) is 101 cm³/mol. The van der Waals surface area contributed by atoms with Gasteiger partial charge in [0.2, 0.25) is 0 Å². The van der Waals surface area contributed by atoms with Gasteiger partial charge in [-0.1, -0.05) is 24.3 Å². The van der Waals surface area contributed by atoms with Gasteiger partial charge in [0, 0.05) is 15.7 Å². The fourth-order valence-electron chi connectivity index (χ4n) is 2.41. The molecular weight excluding hydrogens is 358 g/mol. The molecular formula is C17H15N3O3S2. The van der Waals surface area contributed by atoms with E-state index in [2.05, 4.69) is 10.2 Å². The first-order valence-electron chi connectivity index (χ1n) is 7.24. The van der Waals surface area contributed by atoms with E-state index in [1.165, 1.54) is 6.07 Å². The van der Waals surface area contributed by atoms with E-state index in [0.717, 1.165) is 4.90 Å². The number of fused-ring (bicyclic) bond motifs is 1. The molecule has 128 valence electrons. The number of nitrogens with two attached hydrogens (primary N) is 1. The second kappa shape index (κ2) is 6.83. The van der Waals surface area contributed by atoms with E-state index >= 15 is 0 Å². The quantitative estimate of drug-likeness (QED) is 0.296. The highest BCUT2D eigenvalue weighted by Gasteiger charge is 2.18. The highest BCUT2D eigenvalue weighted by Crippen LogP contribution is 2.36. The van der Waals surface area contributed by atoms with Crippen molar-refractivity contribution in [2.75, 3.05) is 12.0 Å². The molecule has 0 fully saturated rings. The summed E-state index contributed by atoms with van der Waals surface area (Å²) in [6.07, 6.45) is 1.98. The van der Waals surface area contributed by atoms with Crippen molar-refractivity contribution in [3.8, 4) is 0 Å². The van der Waals surface area contributed by atoms with Crippen LogP contribution in [0.4, 0.5) is 17.1 Å². The zero-order valence-corrected chi connectivity index (χ0v) is 14.9. The first kappa shape index (κ1) is 17.4. The van der Waals surface area contributed by atoms with Crippen LogP contribution in [0.25, 0.3) is 10.8 Å². The molecule has 0 heterocycles. The van der Waals surface area contributed by atoms with Crippen LogP contribution >= 0.6 is 11.8 Å². The number of rotatable bonds is 4. The number of azo groups is 1. The summed E-state index contributed by atoms with van der Waals surface area (Å²) in [7, 11) is -4.42. The number of anilines is 1. The normalized spacial score (nSPS) is 12.1. The average Bonchev–Trinajstić information content (AvgIpc) is 2.61. The van der Waals surface area contributed by atoms with Crippen molar-refractivity contribution in [2.45, 2.75) is 9.79 Å². The summed E-state index contributed by atoms with van der Waals surface area (Å²) in [6.45, 7) is 0. The number of hydrogen-bond acceptors (Lipinski definition) is 6.